The fraction of sp³-hybridized carbons (Fsp3) is 0.222. The Balaban J connectivity index is 0.000000157. The second-order valence-electron chi connectivity index (χ2n) is 2.47. The predicted molar refractivity (Wildman–Crippen MR) is 45.3 cm³/mol. The van der Waals surface area contributed by atoms with Crippen LogP contribution < -0.4 is 4.74 Å². The Hall–Kier alpha value is -1.51. The summed E-state index contributed by atoms with van der Waals surface area (Å²) in [5.74, 6) is 0.150. The van der Waals surface area contributed by atoms with E-state index >= 15 is 0 Å². The van der Waals surface area contributed by atoms with Crippen molar-refractivity contribution in [2.45, 2.75) is 6.92 Å². The zero-order chi connectivity index (χ0) is 9.14. The highest BCUT2D eigenvalue weighted by Gasteiger charge is 2.13. The zero-order valence-electron chi connectivity index (χ0n) is 7.00. The number of carboxylic acids is 1. The number of benzene rings is 1. The maximum Gasteiger partial charge on any atom is 0.300 e. The summed E-state index contributed by atoms with van der Waals surface area (Å²) in [6.45, 7) is 1.08. The SMILES string of the molecule is CC(=O)O.COc1cc2cc-2c1. The molecule has 0 amide bonds. The van der Waals surface area contributed by atoms with Crippen LogP contribution in [0.15, 0.2) is 18.2 Å². The summed E-state index contributed by atoms with van der Waals surface area (Å²) in [6.07, 6.45) is 0. The molecule has 1 N–H and O–H groups in total. The smallest absolute Gasteiger partial charge is 0.300 e. The Morgan fingerprint density at radius 2 is 1.75 bits per heavy atom. The summed E-state index contributed by atoms with van der Waals surface area (Å²) in [5, 5.41) is 7.42. The molecule has 2 aliphatic rings. The van der Waals surface area contributed by atoms with Gasteiger partial charge in [0.15, 0.2) is 0 Å². The average Bonchev–Trinajstić information content (AvgIpc) is 2.58. The Labute approximate surface area is 70.6 Å². The number of hydrogen-bond donors (Lipinski definition) is 1. The Bertz CT molecular complexity index is 280. The molecule has 0 saturated heterocycles. The highest BCUT2D eigenvalue weighted by molar-refractivity contribution is 5.83. The van der Waals surface area contributed by atoms with Crippen molar-refractivity contribution in [3.63, 3.8) is 0 Å². The van der Waals surface area contributed by atoms with Crippen LogP contribution >= 0.6 is 0 Å². The molecule has 0 atom stereocenters. The first kappa shape index (κ1) is 8.59. The molecule has 0 fully saturated rings. The number of carboxylic acid groups (broad SMARTS) is 1. The van der Waals surface area contributed by atoms with E-state index in [1.807, 2.05) is 12.1 Å². The Kier molecular flexibility index (Phi) is 2.33. The molecule has 0 aliphatic heterocycles. The fourth-order valence-corrected chi connectivity index (χ4v) is 0.847. The van der Waals surface area contributed by atoms with Gasteiger partial charge in [0.05, 0.1) is 7.11 Å². The summed E-state index contributed by atoms with van der Waals surface area (Å²) in [5.41, 5.74) is 2.67. The lowest BCUT2D eigenvalue weighted by Crippen LogP contribution is -1.78. The van der Waals surface area contributed by atoms with Crippen molar-refractivity contribution < 1.29 is 14.6 Å². The van der Waals surface area contributed by atoms with Crippen LogP contribution in [0.4, 0.5) is 0 Å². The second kappa shape index (κ2) is 3.26. The molecule has 3 nitrogen and oxygen atoms in total. The van der Waals surface area contributed by atoms with E-state index < -0.39 is 5.97 Å². The van der Waals surface area contributed by atoms with Crippen LogP contribution in [0.2, 0.25) is 0 Å². The predicted octanol–water partition coefficient (Wildman–Crippen LogP) is 1.77. The van der Waals surface area contributed by atoms with Gasteiger partial charge in [-0.05, 0) is 29.3 Å². The molecule has 0 spiro atoms. The lowest BCUT2D eigenvalue weighted by Gasteiger charge is -1.88. The molecule has 3 heteroatoms. The highest BCUT2D eigenvalue weighted by atomic mass is 16.5. The summed E-state index contributed by atoms with van der Waals surface area (Å²) < 4.78 is 4.96. The van der Waals surface area contributed by atoms with Gasteiger partial charge in [-0.3, -0.25) is 4.79 Å². The van der Waals surface area contributed by atoms with Crippen LogP contribution in [0.5, 0.6) is 5.75 Å². The molecule has 12 heavy (non-hydrogen) atoms. The summed E-state index contributed by atoms with van der Waals surface area (Å²) in [7, 11) is 1.69. The minimum absolute atomic E-state index is 0.833. The molecular weight excluding hydrogens is 156 g/mol. The number of hydrogen-bond acceptors (Lipinski definition) is 2. The molecule has 64 valence electrons. The Morgan fingerprint density at radius 3 is 2.00 bits per heavy atom. The van der Waals surface area contributed by atoms with Gasteiger partial charge in [0.25, 0.3) is 5.97 Å². The molecule has 0 saturated carbocycles. The first-order valence-corrected chi connectivity index (χ1v) is 3.52. The number of methoxy groups -OCH3 is 1. The molecule has 2 aliphatic carbocycles. The Morgan fingerprint density at radius 1 is 1.33 bits per heavy atom. The van der Waals surface area contributed by atoms with Crippen molar-refractivity contribution in [2.75, 3.05) is 7.11 Å². The van der Waals surface area contributed by atoms with Gasteiger partial charge in [0.2, 0.25) is 0 Å². The van der Waals surface area contributed by atoms with E-state index in [4.69, 9.17) is 14.6 Å². The fourth-order valence-electron chi connectivity index (χ4n) is 0.847. The van der Waals surface area contributed by atoms with E-state index in [1.54, 1.807) is 7.11 Å². The summed E-state index contributed by atoms with van der Waals surface area (Å²) in [4.78, 5) is 9.00. The molecule has 0 heterocycles. The van der Waals surface area contributed by atoms with Crippen LogP contribution in [-0.2, 0) is 4.79 Å². The first-order valence-electron chi connectivity index (χ1n) is 3.52. The van der Waals surface area contributed by atoms with E-state index in [0.717, 1.165) is 12.7 Å². The van der Waals surface area contributed by atoms with Gasteiger partial charge in [0.1, 0.15) is 5.75 Å². The molecular formula is C9H10O3. The van der Waals surface area contributed by atoms with Crippen LogP contribution in [-0.4, -0.2) is 18.2 Å². The van der Waals surface area contributed by atoms with Crippen molar-refractivity contribution in [1.29, 1.82) is 0 Å². The summed E-state index contributed by atoms with van der Waals surface area (Å²) >= 11 is 0. The van der Waals surface area contributed by atoms with Gasteiger partial charge in [-0.2, -0.15) is 0 Å². The quantitative estimate of drug-likeness (QED) is 0.702. The molecule has 0 bridgehead atoms. The molecule has 0 aromatic heterocycles. The third-order valence-electron chi connectivity index (χ3n) is 1.39. The highest BCUT2D eigenvalue weighted by Crippen LogP contribution is 2.39. The van der Waals surface area contributed by atoms with Gasteiger partial charge in [-0.1, -0.05) is 0 Å². The van der Waals surface area contributed by atoms with E-state index in [-0.39, 0.29) is 0 Å². The summed E-state index contributed by atoms with van der Waals surface area (Å²) in [6, 6.07) is 6.20. The number of rotatable bonds is 1. The van der Waals surface area contributed by atoms with Gasteiger partial charge < -0.3 is 9.84 Å². The van der Waals surface area contributed by atoms with Crippen LogP contribution in [0.25, 0.3) is 11.1 Å². The first-order chi connectivity index (χ1) is 5.63. The van der Waals surface area contributed by atoms with E-state index in [1.165, 1.54) is 11.1 Å². The van der Waals surface area contributed by atoms with Crippen molar-refractivity contribution in [3.05, 3.63) is 18.2 Å². The molecule has 0 unspecified atom stereocenters. The number of carbonyl (C=O) groups is 1. The van der Waals surface area contributed by atoms with Gasteiger partial charge in [-0.15, -0.1) is 0 Å². The third kappa shape index (κ3) is 2.27. The molecule has 2 rings (SSSR count). The minimum atomic E-state index is -0.833. The lowest BCUT2D eigenvalue weighted by atomic mass is 10.5. The largest absolute Gasteiger partial charge is 0.497 e. The maximum atomic E-state index is 9.00. The number of fused-ring (bicyclic) bond motifs is 1. The van der Waals surface area contributed by atoms with Crippen molar-refractivity contribution in [1.82, 2.24) is 0 Å². The lowest BCUT2D eigenvalue weighted by molar-refractivity contribution is -0.134. The topological polar surface area (TPSA) is 46.5 Å². The van der Waals surface area contributed by atoms with E-state index in [2.05, 4.69) is 6.07 Å². The second-order valence-corrected chi connectivity index (χ2v) is 2.47. The van der Waals surface area contributed by atoms with Gasteiger partial charge in [-0.25, -0.2) is 0 Å². The van der Waals surface area contributed by atoms with Crippen LogP contribution in [0.3, 0.4) is 0 Å². The van der Waals surface area contributed by atoms with Crippen molar-refractivity contribution in [3.8, 4) is 16.9 Å². The molecule has 0 aromatic rings. The average molecular weight is 166 g/mol. The minimum Gasteiger partial charge on any atom is -0.497 e. The normalized spacial score (nSPS) is 9.50. The van der Waals surface area contributed by atoms with Crippen molar-refractivity contribution >= 4 is 5.97 Å². The van der Waals surface area contributed by atoms with E-state index in [0.29, 0.717) is 0 Å². The number of aliphatic carboxylic acids is 1. The van der Waals surface area contributed by atoms with E-state index in [9.17, 15) is 0 Å². The van der Waals surface area contributed by atoms with Crippen molar-refractivity contribution in [2.24, 2.45) is 0 Å². The number of ether oxygens (including phenoxy) is 1. The van der Waals surface area contributed by atoms with Crippen LogP contribution in [0.1, 0.15) is 6.92 Å². The molecule has 0 aromatic carbocycles. The van der Waals surface area contributed by atoms with Gasteiger partial charge in [0, 0.05) is 6.92 Å². The van der Waals surface area contributed by atoms with Gasteiger partial charge >= 0.3 is 0 Å². The standard InChI is InChI=1S/C7H6O.C2H4O2/c1-8-7-3-5-2-6(5)4-7;1-2(3)4/h2-4H,1H3;1H3,(H,3,4). The molecule has 0 radical (unpaired) electrons. The zero-order valence-corrected chi connectivity index (χ0v) is 7.00. The van der Waals surface area contributed by atoms with Crippen LogP contribution in [0, 0.1) is 0 Å². The maximum absolute atomic E-state index is 9.00. The monoisotopic (exact) mass is 166 g/mol. The third-order valence-corrected chi connectivity index (χ3v) is 1.39.